The molecule has 1 aromatic rings. The summed E-state index contributed by atoms with van der Waals surface area (Å²) in [4.78, 5) is 11.8. The molecule has 1 aliphatic rings. The number of carbonyl (C=O) groups excluding carboxylic acids is 1. The molecule has 0 aromatic carbocycles. The van der Waals surface area contributed by atoms with E-state index in [-0.39, 0.29) is 35.1 Å². The van der Waals surface area contributed by atoms with Crippen LogP contribution in [-0.2, 0) is 19.5 Å². The molecule has 20 heavy (non-hydrogen) atoms. The topological polar surface area (TPSA) is 72.9 Å². The molecule has 0 radical (unpaired) electrons. The van der Waals surface area contributed by atoms with Crippen LogP contribution in [0.3, 0.4) is 0 Å². The summed E-state index contributed by atoms with van der Waals surface area (Å²) in [5.41, 5.74) is 0. The first-order valence-corrected chi connectivity index (χ1v) is 8.49. The molecule has 2 atom stereocenters. The van der Waals surface area contributed by atoms with E-state index in [1.165, 1.54) is 17.5 Å². The van der Waals surface area contributed by atoms with Crippen molar-refractivity contribution in [3.63, 3.8) is 0 Å². The zero-order valence-corrected chi connectivity index (χ0v) is 13.2. The molecule has 2 rings (SSSR count). The Hall–Kier alpha value is -0.960. The quantitative estimate of drug-likeness (QED) is 0.786. The molecule has 2 heterocycles. The molecular formula is C12H17NO5S2. The minimum Gasteiger partial charge on any atom is -0.465 e. The molecule has 112 valence electrons. The highest BCUT2D eigenvalue weighted by Crippen LogP contribution is 2.27. The Labute approximate surface area is 122 Å². The van der Waals surface area contributed by atoms with Crippen molar-refractivity contribution in [1.29, 1.82) is 0 Å². The summed E-state index contributed by atoms with van der Waals surface area (Å²) in [5.74, 6) is -0.632. The van der Waals surface area contributed by atoms with E-state index in [9.17, 15) is 13.2 Å². The maximum atomic E-state index is 12.6. The predicted molar refractivity (Wildman–Crippen MR) is 74.4 cm³/mol. The molecule has 1 aromatic heterocycles. The zero-order valence-electron chi connectivity index (χ0n) is 11.5. The van der Waals surface area contributed by atoms with Gasteiger partial charge < -0.3 is 9.47 Å². The second-order valence-corrected chi connectivity index (χ2v) is 7.51. The fraction of sp³-hybridized carbons (Fsp3) is 0.583. The van der Waals surface area contributed by atoms with Crippen molar-refractivity contribution in [3.8, 4) is 0 Å². The van der Waals surface area contributed by atoms with Gasteiger partial charge in [0.1, 0.15) is 9.77 Å². The van der Waals surface area contributed by atoms with Crippen LogP contribution in [-0.4, -0.2) is 51.1 Å². The number of esters is 1. The minimum atomic E-state index is -3.71. The third kappa shape index (κ3) is 2.88. The highest BCUT2D eigenvalue weighted by atomic mass is 32.2. The van der Waals surface area contributed by atoms with Crippen LogP contribution in [0.5, 0.6) is 0 Å². The van der Waals surface area contributed by atoms with E-state index >= 15 is 0 Å². The molecule has 1 saturated heterocycles. The standard InChI is InChI=1S/C12H17NO5S2/c1-8-6-13(7-9(2)18-8)20(15,16)10-4-5-19-11(10)12(14)17-3/h4-5,8-9H,6-7H2,1-3H3. The van der Waals surface area contributed by atoms with E-state index in [0.717, 1.165) is 11.3 Å². The van der Waals surface area contributed by atoms with Gasteiger partial charge in [0.25, 0.3) is 0 Å². The maximum Gasteiger partial charge on any atom is 0.349 e. The molecule has 0 aliphatic carbocycles. The van der Waals surface area contributed by atoms with Gasteiger partial charge >= 0.3 is 5.97 Å². The van der Waals surface area contributed by atoms with E-state index in [2.05, 4.69) is 4.74 Å². The van der Waals surface area contributed by atoms with E-state index in [1.54, 1.807) is 5.38 Å². The van der Waals surface area contributed by atoms with Gasteiger partial charge in [0.2, 0.25) is 10.0 Å². The Morgan fingerprint density at radius 2 is 2.00 bits per heavy atom. The molecule has 1 fully saturated rings. The van der Waals surface area contributed by atoms with Crippen molar-refractivity contribution in [1.82, 2.24) is 4.31 Å². The van der Waals surface area contributed by atoms with Gasteiger partial charge in [0.15, 0.2) is 0 Å². The smallest absolute Gasteiger partial charge is 0.349 e. The van der Waals surface area contributed by atoms with Crippen LogP contribution < -0.4 is 0 Å². The lowest BCUT2D eigenvalue weighted by molar-refractivity contribution is -0.0440. The number of nitrogens with zero attached hydrogens (tertiary/aromatic N) is 1. The molecule has 8 heteroatoms. The number of morpholine rings is 1. The predicted octanol–water partition coefficient (Wildman–Crippen LogP) is 1.33. The summed E-state index contributed by atoms with van der Waals surface area (Å²) in [7, 11) is -2.47. The number of thiophene rings is 1. The Kier molecular flexibility index (Phi) is 4.48. The van der Waals surface area contributed by atoms with Crippen molar-refractivity contribution in [2.24, 2.45) is 0 Å². The molecule has 0 N–H and O–H groups in total. The largest absolute Gasteiger partial charge is 0.465 e. The summed E-state index contributed by atoms with van der Waals surface area (Å²) < 4.78 is 36.8. The van der Waals surface area contributed by atoms with Crippen molar-refractivity contribution >= 4 is 27.3 Å². The minimum absolute atomic E-state index is 0.00986. The summed E-state index contributed by atoms with van der Waals surface area (Å²) in [6.07, 6.45) is -0.345. The van der Waals surface area contributed by atoms with Crippen LogP contribution >= 0.6 is 11.3 Å². The van der Waals surface area contributed by atoms with Gasteiger partial charge in [0, 0.05) is 13.1 Å². The Balaban J connectivity index is 2.36. The number of hydrogen-bond acceptors (Lipinski definition) is 6. The zero-order chi connectivity index (χ0) is 14.9. The van der Waals surface area contributed by atoms with Crippen molar-refractivity contribution < 1.29 is 22.7 Å². The lowest BCUT2D eigenvalue weighted by Crippen LogP contribution is -2.48. The lowest BCUT2D eigenvalue weighted by atomic mass is 10.3. The van der Waals surface area contributed by atoms with Gasteiger partial charge in [-0.3, -0.25) is 0 Å². The van der Waals surface area contributed by atoms with Crippen molar-refractivity contribution in [2.45, 2.75) is 31.0 Å². The fourth-order valence-corrected chi connectivity index (χ4v) is 5.11. The van der Waals surface area contributed by atoms with Crippen LogP contribution in [0.15, 0.2) is 16.3 Å². The number of carbonyl (C=O) groups is 1. The van der Waals surface area contributed by atoms with Crippen molar-refractivity contribution in [3.05, 3.63) is 16.3 Å². The summed E-state index contributed by atoms with van der Waals surface area (Å²) in [6.45, 7) is 4.21. The third-order valence-electron chi connectivity index (χ3n) is 3.00. The molecule has 2 unspecified atom stereocenters. The number of ether oxygens (including phenoxy) is 2. The maximum absolute atomic E-state index is 12.6. The van der Waals surface area contributed by atoms with Gasteiger partial charge in [-0.2, -0.15) is 4.31 Å². The van der Waals surface area contributed by atoms with Crippen LogP contribution in [0.4, 0.5) is 0 Å². The fourth-order valence-electron chi connectivity index (χ4n) is 2.21. The Bertz CT molecular complexity index is 585. The highest BCUT2D eigenvalue weighted by molar-refractivity contribution is 7.89. The number of methoxy groups -OCH3 is 1. The normalized spacial score (nSPS) is 24.6. The number of rotatable bonds is 3. The molecular weight excluding hydrogens is 302 g/mol. The average Bonchev–Trinajstić information content (AvgIpc) is 2.86. The number of hydrogen-bond donors (Lipinski definition) is 0. The first-order chi connectivity index (χ1) is 9.36. The van der Waals surface area contributed by atoms with Gasteiger partial charge in [0.05, 0.1) is 19.3 Å². The van der Waals surface area contributed by atoms with Crippen LogP contribution in [0, 0.1) is 0 Å². The van der Waals surface area contributed by atoms with Crippen molar-refractivity contribution in [2.75, 3.05) is 20.2 Å². The summed E-state index contributed by atoms with van der Waals surface area (Å²) in [6, 6.07) is 1.44. The van der Waals surface area contributed by atoms with Crippen LogP contribution in [0.25, 0.3) is 0 Å². The van der Waals surface area contributed by atoms with Gasteiger partial charge in [-0.25, -0.2) is 13.2 Å². The Morgan fingerprint density at radius 3 is 2.55 bits per heavy atom. The molecule has 1 aliphatic heterocycles. The van der Waals surface area contributed by atoms with Gasteiger partial charge in [-0.15, -0.1) is 11.3 Å². The molecule has 0 bridgehead atoms. The SMILES string of the molecule is COC(=O)c1sccc1S(=O)(=O)N1CC(C)OC(C)C1. The second-order valence-electron chi connectivity index (χ2n) is 4.68. The molecule has 0 amide bonds. The molecule has 0 spiro atoms. The summed E-state index contributed by atoms with van der Waals surface area (Å²) in [5, 5.41) is 1.58. The molecule has 6 nitrogen and oxygen atoms in total. The molecule has 0 saturated carbocycles. The van der Waals surface area contributed by atoms with Gasteiger partial charge in [-0.1, -0.05) is 0 Å². The monoisotopic (exact) mass is 319 g/mol. The Morgan fingerprint density at radius 1 is 1.40 bits per heavy atom. The number of sulfonamides is 1. The van der Waals surface area contributed by atoms with E-state index < -0.39 is 16.0 Å². The first kappa shape index (κ1) is 15.4. The second kappa shape index (κ2) is 5.80. The van der Waals surface area contributed by atoms with E-state index in [1.807, 2.05) is 13.8 Å². The van der Waals surface area contributed by atoms with Crippen LogP contribution in [0.1, 0.15) is 23.5 Å². The van der Waals surface area contributed by atoms with E-state index in [4.69, 9.17) is 4.74 Å². The van der Waals surface area contributed by atoms with Gasteiger partial charge in [-0.05, 0) is 25.3 Å². The van der Waals surface area contributed by atoms with Crippen LogP contribution in [0.2, 0.25) is 0 Å². The lowest BCUT2D eigenvalue weighted by Gasteiger charge is -2.34. The van der Waals surface area contributed by atoms with E-state index in [0.29, 0.717) is 0 Å². The first-order valence-electron chi connectivity index (χ1n) is 6.17. The average molecular weight is 319 g/mol. The third-order valence-corrected chi connectivity index (χ3v) is 5.90. The summed E-state index contributed by atoms with van der Waals surface area (Å²) >= 11 is 1.06. The highest BCUT2D eigenvalue weighted by Gasteiger charge is 2.35.